The normalized spacial score (nSPS) is 13.9. The molecule has 0 aromatic heterocycles. The van der Waals surface area contributed by atoms with Gasteiger partial charge in [-0.15, -0.1) is 0 Å². The van der Waals surface area contributed by atoms with E-state index in [9.17, 15) is 10.1 Å². The molecule has 2 rings (SSSR count). The summed E-state index contributed by atoms with van der Waals surface area (Å²) in [4.78, 5) is 10.6. The lowest BCUT2D eigenvalue weighted by molar-refractivity contribution is -0.449. The summed E-state index contributed by atoms with van der Waals surface area (Å²) in [5, 5.41) is 11.0. The van der Waals surface area contributed by atoms with Crippen LogP contribution in [0.2, 0.25) is 0 Å². The Morgan fingerprint density at radius 1 is 1.33 bits per heavy atom. The summed E-state index contributed by atoms with van der Waals surface area (Å²) in [5.74, 6) is 1.14. The molecule has 0 saturated heterocycles. The smallest absolute Gasteiger partial charge is 0.342 e. The van der Waals surface area contributed by atoms with Gasteiger partial charge in [0, 0.05) is 16.6 Å². The lowest BCUT2D eigenvalue weighted by Gasteiger charge is -2.03. The maximum Gasteiger partial charge on any atom is 0.342 e. The number of hydrogen-bond acceptors (Lipinski definition) is 4. The highest BCUT2D eigenvalue weighted by Crippen LogP contribution is 2.34. The van der Waals surface area contributed by atoms with E-state index in [1.54, 1.807) is 36.4 Å². The number of ether oxygens (including phenoxy) is 2. The fourth-order valence-electron chi connectivity index (χ4n) is 1.58. The van der Waals surface area contributed by atoms with Crippen LogP contribution in [0.4, 0.5) is 0 Å². The molecule has 0 saturated carbocycles. The molecule has 0 unspecified atom stereocenters. The lowest BCUT2D eigenvalue weighted by Crippen LogP contribution is -2.08. The maximum atomic E-state index is 11.0. The first-order chi connectivity index (χ1) is 8.72. The van der Waals surface area contributed by atoms with E-state index in [0.717, 1.165) is 0 Å². The highest BCUT2D eigenvalue weighted by molar-refractivity contribution is 5.48. The van der Waals surface area contributed by atoms with Gasteiger partial charge in [0.25, 0.3) is 0 Å². The predicted molar refractivity (Wildman–Crippen MR) is 65.9 cm³/mol. The van der Waals surface area contributed by atoms with Crippen LogP contribution in [-0.4, -0.2) is 11.7 Å². The van der Waals surface area contributed by atoms with E-state index in [4.69, 9.17) is 9.47 Å². The van der Waals surface area contributed by atoms with Gasteiger partial charge in [-0.05, 0) is 25.1 Å². The molecule has 0 fully saturated rings. The van der Waals surface area contributed by atoms with E-state index in [1.807, 2.05) is 6.92 Å². The molecule has 18 heavy (non-hydrogen) atoms. The van der Waals surface area contributed by atoms with E-state index in [2.05, 4.69) is 0 Å². The molecule has 0 atom stereocenters. The highest BCUT2D eigenvalue weighted by Gasteiger charge is 2.25. The summed E-state index contributed by atoms with van der Waals surface area (Å²) in [5.41, 5.74) is 0.491. The number of rotatable bonds is 4. The number of allylic oxidation sites excluding steroid dienone is 3. The summed E-state index contributed by atoms with van der Waals surface area (Å²) in [6.07, 6.45) is 6.62. The number of fused-ring (bicyclic) bond motifs is 1. The lowest BCUT2D eigenvalue weighted by atomic mass is 10.1. The minimum Gasteiger partial charge on any atom is -0.454 e. The van der Waals surface area contributed by atoms with Crippen molar-refractivity contribution in [2.45, 2.75) is 6.92 Å². The van der Waals surface area contributed by atoms with Gasteiger partial charge in [-0.2, -0.15) is 0 Å². The second kappa shape index (κ2) is 5.35. The molecule has 0 bridgehead atoms. The summed E-state index contributed by atoms with van der Waals surface area (Å²) < 4.78 is 10.4. The zero-order chi connectivity index (χ0) is 13.0. The molecule has 93 valence electrons. The number of hydrogen-bond donors (Lipinski definition) is 0. The first-order valence-corrected chi connectivity index (χ1v) is 5.43. The molecule has 1 aliphatic rings. The minimum absolute atomic E-state index is 0.0198. The standard InChI is InChI=1S/C13H12NO4/c1-2-3-4-5-11(14(15)16)10-6-7-12-13(8-10)18-9-17-12/h2-8H,9H2,1H3. The molecule has 0 N–H and O–H groups in total. The van der Waals surface area contributed by atoms with Crippen molar-refractivity contribution in [3.05, 3.63) is 64.2 Å². The van der Waals surface area contributed by atoms with E-state index < -0.39 is 4.92 Å². The molecule has 1 radical (unpaired) electrons. The van der Waals surface area contributed by atoms with Crippen LogP contribution in [0.25, 0.3) is 0 Å². The van der Waals surface area contributed by atoms with Gasteiger partial charge in [0.05, 0.1) is 0 Å². The SMILES string of the molecule is CC=CC=C[C](c1ccc2c(c1)OCO2)[N+](=O)[O-]. The molecule has 1 aromatic rings. The van der Waals surface area contributed by atoms with Crippen molar-refractivity contribution in [1.29, 1.82) is 0 Å². The van der Waals surface area contributed by atoms with Crippen molar-refractivity contribution in [2.75, 3.05) is 6.79 Å². The van der Waals surface area contributed by atoms with Crippen molar-refractivity contribution < 1.29 is 14.4 Å². The van der Waals surface area contributed by atoms with E-state index in [0.29, 0.717) is 17.1 Å². The first-order valence-electron chi connectivity index (χ1n) is 5.43. The van der Waals surface area contributed by atoms with E-state index in [-0.39, 0.29) is 12.8 Å². The zero-order valence-electron chi connectivity index (χ0n) is 9.83. The highest BCUT2D eigenvalue weighted by atomic mass is 16.7. The Hall–Kier alpha value is -2.30. The number of nitrogens with zero attached hydrogens (tertiary/aromatic N) is 1. The van der Waals surface area contributed by atoms with Gasteiger partial charge in [-0.3, -0.25) is 10.1 Å². The zero-order valence-corrected chi connectivity index (χ0v) is 9.83. The molecule has 1 heterocycles. The Bertz CT molecular complexity index is 508. The van der Waals surface area contributed by atoms with Crippen LogP contribution >= 0.6 is 0 Å². The van der Waals surface area contributed by atoms with Crippen molar-refractivity contribution in [3.8, 4) is 11.5 Å². The van der Waals surface area contributed by atoms with Crippen LogP contribution in [-0.2, 0) is 0 Å². The summed E-state index contributed by atoms with van der Waals surface area (Å²) in [6, 6.07) is 4.95. The van der Waals surface area contributed by atoms with E-state index >= 15 is 0 Å². The molecule has 5 heteroatoms. The number of nitro groups is 1. The van der Waals surface area contributed by atoms with Gasteiger partial charge in [0.2, 0.25) is 6.79 Å². The van der Waals surface area contributed by atoms with Gasteiger partial charge in [0.1, 0.15) is 0 Å². The van der Waals surface area contributed by atoms with Gasteiger partial charge in [0.15, 0.2) is 11.5 Å². The minimum atomic E-state index is -0.419. The molecule has 1 aliphatic heterocycles. The predicted octanol–water partition coefficient (Wildman–Crippen LogP) is 2.70. The maximum absolute atomic E-state index is 11.0. The van der Waals surface area contributed by atoms with Gasteiger partial charge < -0.3 is 9.47 Å². The Morgan fingerprint density at radius 2 is 2.11 bits per heavy atom. The molecular formula is C13H12NO4. The summed E-state index contributed by atoms with van der Waals surface area (Å²) in [7, 11) is 0. The van der Waals surface area contributed by atoms with Gasteiger partial charge in [-0.1, -0.05) is 18.2 Å². The Labute approximate surface area is 104 Å². The first kappa shape index (κ1) is 12.2. The second-order valence-electron chi connectivity index (χ2n) is 3.60. The molecule has 0 amide bonds. The molecular weight excluding hydrogens is 234 g/mol. The molecule has 0 spiro atoms. The van der Waals surface area contributed by atoms with Crippen molar-refractivity contribution >= 4 is 0 Å². The van der Waals surface area contributed by atoms with Crippen LogP contribution < -0.4 is 9.47 Å². The molecule has 0 aliphatic carbocycles. The monoisotopic (exact) mass is 246 g/mol. The quantitative estimate of drug-likeness (QED) is 0.465. The largest absolute Gasteiger partial charge is 0.454 e. The second-order valence-corrected chi connectivity index (χ2v) is 3.60. The third-order valence-corrected chi connectivity index (χ3v) is 2.42. The van der Waals surface area contributed by atoms with Crippen molar-refractivity contribution in [1.82, 2.24) is 0 Å². The Kier molecular flexibility index (Phi) is 3.62. The third-order valence-electron chi connectivity index (χ3n) is 2.42. The van der Waals surface area contributed by atoms with Gasteiger partial charge >= 0.3 is 6.04 Å². The molecule has 1 aromatic carbocycles. The average Bonchev–Trinajstić information content (AvgIpc) is 2.81. The average molecular weight is 246 g/mol. The summed E-state index contributed by atoms with van der Waals surface area (Å²) in [6.45, 7) is 2.00. The van der Waals surface area contributed by atoms with Gasteiger partial charge in [-0.25, -0.2) is 0 Å². The molecule has 5 nitrogen and oxygen atoms in total. The van der Waals surface area contributed by atoms with Crippen LogP contribution in [0.3, 0.4) is 0 Å². The van der Waals surface area contributed by atoms with Crippen LogP contribution in [0, 0.1) is 16.2 Å². The topological polar surface area (TPSA) is 61.6 Å². The van der Waals surface area contributed by atoms with E-state index in [1.165, 1.54) is 6.08 Å². The van der Waals surface area contributed by atoms with Crippen LogP contribution in [0.5, 0.6) is 11.5 Å². The fourth-order valence-corrected chi connectivity index (χ4v) is 1.58. The third kappa shape index (κ3) is 2.51. The van der Waals surface area contributed by atoms with Crippen LogP contribution in [0.1, 0.15) is 12.5 Å². The number of benzene rings is 1. The van der Waals surface area contributed by atoms with Crippen molar-refractivity contribution in [2.24, 2.45) is 0 Å². The Balaban J connectivity index is 2.28. The fraction of sp³-hybridized carbons (Fsp3) is 0.154. The van der Waals surface area contributed by atoms with Crippen molar-refractivity contribution in [3.63, 3.8) is 0 Å². The van der Waals surface area contributed by atoms with Crippen LogP contribution in [0.15, 0.2) is 42.5 Å². The summed E-state index contributed by atoms with van der Waals surface area (Å²) >= 11 is 0. The Morgan fingerprint density at radius 3 is 2.83 bits per heavy atom.